The van der Waals surface area contributed by atoms with Crippen LogP contribution in [0, 0.1) is 18.3 Å². The Hall–Kier alpha value is -1.77. The molecule has 1 aromatic rings. The summed E-state index contributed by atoms with van der Waals surface area (Å²) in [7, 11) is 0. The van der Waals surface area contributed by atoms with E-state index < -0.39 is 0 Å². The molecule has 2 fully saturated rings. The molecule has 3 rings (SSSR count). The predicted octanol–water partition coefficient (Wildman–Crippen LogP) is 1.73. The summed E-state index contributed by atoms with van der Waals surface area (Å²) in [6.07, 6.45) is 0. The second-order valence-corrected chi connectivity index (χ2v) is 5.51. The highest BCUT2D eigenvalue weighted by molar-refractivity contribution is 6.33. The second kappa shape index (κ2) is 4.97. The van der Waals surface area contributed by atoms with E-state index in [0.29, 0.717) is 17.1 Å². The summed E-state index contributed by atoms with van der Waals surface area (Å²) in [6, 6.07) is 5.78. The van der Waals surface area contributed by atoms with Gasteiger partial charge < -0.3 is 10.2 Å². The average Bonchev–Trinajstić information content (AvgIpc) is 2.80. The third-order valence-electron chi connectivity index (χ3n) is 3.99. The lowest BCUT2D eigenvalue weighted by atomic mass is 10.1. The van der Waals surface area contributed by atoms with E-state index in [1.54, 1.807) is 11.0 Å². The molecule has 2 amide bonds. The van der Waals surface area contributed by atoms with E-state index in [9.17, 15) is 4.79 Å². The first-order valence-corrected chi connectivity index (χ1v) is 6.99. The second-order valence-electron chi connectivity index (χ2n) is 5.13. The van der Waals surface area contributed by atoms with Crippen LogP contribution in [0.1, 0.15) is 11.1 Å². The molecule has 2 aliphatic heterocycles. The fourth-order valence-corrected chi connectivity index (χ4v) is 3.08. The fraction of sp³-hybridized carbons (Fsp3) is 0.429. The minimum atomic E-state index is 0.0281. The molecule has 104 valence electrons. The Bertz CT molecular complexity index is 610. The number of hydrogen-bond donors (Lipinski definition) is 1. The molecule has 0 radical (unpaired) electrons. The molecule has 1 atom stereocenters. The number of benzene rings is 1. The molecule has 0 unspecified atom stereocenters. The van der Waals surface area contributed by atoms with Crippen LogP contribution in [0.5, 0.6) is 0 Å². The largest absolute Gasteiger partial charge is 0.324 e. The van der Waals surface area contributed by atoms with Crippen molar-refractivity contribution in [2.45, 2.75) is 13.0 Å². The first-order valence-electron chi connectivity index (χ1n) is 6.61. The molecule has 0 bridgehead atoms. The van der Waals surface area contributed by atoms with Crippen molar-refractivity contribution < 1.29 is 4.79 Å². The van der Waals surface area contributed by atoms with E-state index in [4.69, 9.17) is 16.9 Å². The van der Waals surface area contributed by atoms with Gasteiger partial charge in [0.15, 0.2) is 0 Å². The number of piperazine rings is 1. The lowest BCUT2D eigenvalue weighted by molar-refractivity contribution is 0.193. The van der Waals surface area contributed by atoms with E-state index in [0.717, 1.165) is 30.9 Å². The van der Waals surface area contributed by atoms with E-state index in [2.05, 4.69) is 11.4 Å². The van der Waals surface area contributed by atoms with E-state index in [-0.39, 0.29) is 12.1 Å². The summed E-state index contributed by atoms with van der Waals surface area (Å²) in [5.74, 6) is 0. The monoisotopic (exact) mass is 290 g/mol. The number of halogens is 1. The molecule has 2 aliphatic rings. The van der Waals surface area contributed by atoms with Crippen LogP contribution in [0.2, 0.25) is 5.02 Å². The highest BCUT2D eigenvalue weighted by Crippen LogP contribution is 2.33. The molecule has 5 nitrogen and oxygen atoms in total. The molecule has 6 heteroatoms. The van der Waals surface area contributed by atoms with Crippen molar-refractivity contribution in [1.82, 2.24) is 10.2 Å². The molecule has 2 saturated heterocycles. The molecule has 1 aromatic carbocycles. The maximum Gasteiger partial charge on any atom is 0.324 e. The molecular weight excluding hydrogens is 276 g/mol. The summed E-state index contributed by atoms with van der Waals surface area (Å²) in [6.45, 7) is 4.91. The van der Waals surface area contributed by atoms with Crippen molar-refractivity contribution in [2.24, 2.45) is 0 Å². The summed E-state index contributed by atoms with van der Waals surface area (Å²) >= 11 is 6.19. The summed E-state index contributed by atoms with van der Waals surface area (Å²) < 4.78 is 0. The summed E-state index contributed by atoms with van der Waals surface area (Å²) in [5.41, 5.74) is 2.03. The van der Waals surface area contributed by atoms with Crippen LogP contribution >= 0.6 is 11.6 Å². The Labute approximate surface area is 122 Å². The minimum absolute atomic E-state index is 0.0281. The maximum absolute atomic E-state index is 12.5. The van der Waals surface area contributed by atoms with Gasteiger partial charge in [-0.1, -0.05) is 11.6 Å². The smallest absolute Gasteiger partial charge is 0.317 e. The molecule has 1 N–H and O–H groups in total. The van der Waals surface area contributed by atoms with Crippen molar-refractivity contribution in [1.29, 1.82) is 5.26 Å². The van der Waals surface area contributed by atoms with Crippen molar-refractivity contribution in [3.63, 3.8) is 0 Å². The van der Waals surface area contributed by atoms with Gasteiger partial charge in [0, 0.05) is 31.9 Å². The maximum atomic E-state index is 12.5. The van der Waals surface area contributed by atoms with Gasteiger partial charge in [0.1, 0.15) is 6.07 Å². The molecular formula is C14H15ClN4O. The molecule has 0 aliphatic carbocycles. The van der Waals surface area contributed by atoms with Gasteiger partial charge in [-0.25, -0.2) is 4.79 Å². The van der Waals surface area contributed by atoms with Crippen LogP contribution in [0.4, 0.5) is 10.5 Å². The van der Waals surface area contributed by atoms with Crippen LogP contribution < -0.4 is 10.2 Å². The number of hydrogen-bond acceptors (Lipinski definition) is 3. The first kappa shape index (κ1) is 13.2. The van der Waals surface area contributed by atoms with Crippen molar-refractivity contribution in [2.75, 3.05) is 31.1 Å². The number of anilines is 1. The van der Waals surface area contributed by atoms with E-state index >= 15 is 0 Å². The third kappa shape index (κ3) is 1.92. The molecule has 2 heterocycles. The highest BCUT2D eigenvalue weighted by atomic mass is 35.5. The number of carbonyl (C=O) groups is 1. The summed E-state index contributed by atoms with van der Waals surface area (Å²) in [4.78, 5) is 16.1. The highest BCUT2D eigenvalue weighted by Gasteiger charge is 2.39. The zero-order valence-corrected chi connectivity index (χ0v) is 11.9. The standard InChI is InChI=1S/C14H15ClN4O/c1-9-12(3-2-10(6-16)13(9)15)19-8-11-7-17-4-5-18(11)14(19)20/h2-3,11,17H,4-5,7-8H2,1H3/t11-/m0/s1. The van der Waals surface area contributed by atoms with E-state index in [1.165, 1.54) is 0 Å². The Kier molecular flexibility index (Phi) is 3.28. The summed E-state index contributed by atoms with van der Waals surface area (Å²) in [5, 5.41) is 12.7. The SMILES string of the molecule is Cc1c(N2C[C@@H]3CNCCN3C2=O)ccc(C#N)c1Cl. The van der Waals surface area contributed by atoms with Crippen molar-refractivity contribution in [3.05, 3.63) is 28.3 Å². The van der Waals surface area contributed by atoms with Crippen LogP contribution in [0.3, 0.4) is 0 Å². The van der Waals surface area contributed by atoms with Crippen LogP contribution in [-0.2, 0) is 0 Å². The lowest BCUT2D eigenvalue weighted by Crippen LogP contribution is -2.49. The van der Waals surface area contributed by atoms with Gasteiger partial charge in [-0.2, -0.15) is 5.26 Å². The predicted molar refractivity (Wildman–Crippen MR) is 77.0 cm³/mol. The Balaban J connectivity index is 1.96. The van der Waals surface area contributed by atoms with Gasteiger partial charge in [-0.05, 0) is 24.6 Å². The minimum Gasteiger partial charge on any atom is -0.317 e. The Morgan fingerprint density at radius 1 is 1.50 bits per heavy atom. The molecule has 0 saturated carbocycles. The van der Waals surface area contributed by atoms with Gasteiger partial charge in [-0.3, -0.25) is 4.90 Å². The van der Waals surface area contributed by atoms with Crippen LogP contribution in [0.15, 0.2) is 12.1 Å². The lowest BCUT2D eigenvalue weighted by Gasteiger charge is -2.28. The number of amides is 2. The number of rotatable bonds is 1. The number of nitrogens with zero attached hydrogens (tertiary/aromatic N) is 3. The normalized spacial score (nSPS) is 21.9. The van der Waals surface area contributed by atoms with E-state index in [1.807, 2.05) is 17.9 Å². The van der Waals surface area contributed by atoms with Gasteiger partial charge in [0.05, 0.1) is 16.6 Å². The van der Waals surface area contributed by atoms with Crippen molar-refractivity contribution >= 4 is 23.3 Å². The van der Waals surface area contributed by atoms with Gasteiger partial charge in [-0.15, -0.1) is 0 Å². The molecule has 0 spiro atoms. The van der Waals surface area contributed by atoms with Crippen LogP contribution in [0.25, 0.3) is 0 Å². The topological polar surface area (TPSA) is 59.4 Å². The number of nitriles is 1. The van der Waals surface area contributed by atoms with Crippen LogP contribution in [-0.4, -0.2) is 43.2 Å². The fourth-order valence-electron chi connectivity index (χ4n) is 2.87. The number of carbonyl (C=O) groups excluding carboxylic acids is 1. The first-order chi connectivity index (χ1) is 9.63. The average molecular weight is 291 g/mol. The molecule has 20 heavy (non-hydrogen) atoms. The third-order valence-corrected chi connectivity index (χ3v) is 4.48. The number of nitrogens with one attached hydrogen (secondary N) is 1. The van der Waals surface area contributed by atoms with Crippen molar-refractivity contribution in [3.8, 4) is 6.07 Å². The van der Waals surface area contributed by atoms with Gasteiger partial charge in [0.25, 0.3) is 0 Å². The molecule has 0 aromatic heterocycles. The van der Waals surface area contributed by atoms with Gasteiger partial charge >= 0.3 is 6.03 Å². The quantitative estimate of drug-likeness (QED) is 0.857. The zero-order chi connectivity index (χ0) is 14.3. The van der Waals surface area contributed by atoms with Gasteiger partial charge in [0.2, 0.25) is 0 Å². The Morgan fingerprint density at radius 2 is 2.30 bits per heavy atom. The zero-order valence-electron chi connectivity index (χ0n) is 11.2. The Morgan fingerprint density at radius 3 is 3.00 bits per heavy atom. The number of urea groups is 1. The number of fused-ring (bicyclic) bond motifs is 1.